The average molecular weight is 362 g/mol. The van der Waals surface area contributed by atoms with E-state index >= 15 is 0 Å². The zero-order valence-corrected chi connectivity index (χ0v) is 14.4. The quantitative estimate of drug-likeness (QED) is 0.784. The van der Waals surface area contributed by atoms with Crippen molar-refractivity contribution in [2.24, 2.45) is 0 Å². The second kappa shape index (κ2) is 7.14. The number of hydrogen-bond donors (Lipinski definition) is 2. The van der Waals surface area contributed by atoms with E-state index in [1.54, 1.807) is 17.0 Å². The third-order valence-electron chi connectivity index (χ3n) is 3.99. The number of nitrogens with one attached hydrogen (secondary N) is 2. The van der Waals surface area contributed by atoms with Crippen molar-refractivity contribution in [1.29, 1.82) is 0 Å². The van der Waals surface area contributed by atoms with Crippen LogP contribution in [-0.2, 0) is 26.0 Å². The minimum Gasteiger partial charge on any atom is -0.366 e. The third-order valence-corrected chi connectivity index (χ3v) is 5.41. The summed E-state index contributed by atoms with van der Waals surface area (Å²) in [6, 6.07) is 4.85. The molecule has 0 aliphatic carbocycles. The van der Waals surface area contributed by atoms with Gasteiger partial charge in [-0.15, -0.1) is 12.4 Å². The Hall–Kier alpha value is -1.19. The Morgan fingerprint density at radius 3 is 2.87 bits per heavy atom. The molecule has 1 aromatic carbocycles. The highest BCUT2D eigenvalue weighted by Gasteiger charge is 2.32. The maximum atomic E-state index is 12.5. The topological polar surface area (TPSA) is 87.7 Å². The van der Waals surface area contributed by atoms with Crippen molar-refractivity contribution in [3.8, 4) is 0 Å². The second-order valence-electron chi connectivity index (χ2n) is 5.30. The van der Waals surface area contributed by atoms with Crippen molar-refractivity contribution < 1.29 is 17.9 Å². The van der Waals surface area contributed by atoms with Gasteiger partial charge in [0.05, 0.1) is 11.5 Å². The van der Waals surface area contributed by atoms with Gasteiger partial charge >= 0.3 is 0 Å². The number of amides is 1. The van der Waals surface area contributed by atoms with E-state index in [0.29, 0.717) is 26.1 Å². The molecule has 0 bridgehead atoms. The number of sulfonamides is 1. The maximum Gasteiger partial charge on any atom is 0.257 e. The molecule has 2 heterocycles. The van der Waals surface area contributed by atoms with Gasteiger partial charge in [-0.25, -0.2) is 13.1 Å². The lowest BCUT2D eigenvalue weighted by Crippen LogP contribution is -2.49. The summed E-state index contributed by atoms with van der Waals surface area (Å²) in [5.74, 6) is -0.0739. The molecule has 1 atom stereocenters. The summed E-state index contributed by atoms with van der Waals surface area (Å²) < 4.78 is 31.5. The van der Waals surface area contributed by atoms with Crippen LogP contribution in [0, 0.1) is 0 Å². The van der Waals surface area contributed by atoms with Gasteiger partial charge in [0.15, 0.2) is 0 Å². The van der Waals surface area contributed by atoms with Crippen LogP contribution in [-0.4, -0.2) is 53.7 Å². The number of ether oxygens (including phenoxy) is 1. The summed E-state index contributed by atoms with van der Waals surface area (Å²) in [7, 11) is -2.09. The van der Waals surface area contributed by atoms with Crippen LogP contribution in [0.3, 0.4) is 0 Å². The number of rotatable bonds is 3. The molecule has 1 saturated heterocycles. The molecule has 0 saturated carbocycles. The predicted molar refractivity (Wildman–Crippen MR) is 88.6 cm³/mol. The first-order valence-electron chi connectivity index (χ1n) is 7.23. The Morgan fingerprint density at radius 2 is 2.22 bits per heavy atom. The lowest BCUT2D eigenvalue weighted by atomic mass is 10.2. The third kappa shape index (κ3) is 3.51. The number of carbonyl (C=O) groups excluding carboxylic acids is 1. The van der Waals surface area contributed by atoms with Gasteiger partial charge in [-0.3, -0.25) is 4.79 Å². The first-order valence-corrected chi connectivity index (χ1v) is 8.71. The molecule has 0 spiro atoms. The SMILES string of the molecule is CNS(=O)(=O)c1ccc2c(c1)CCN2C(=O)C1CNCCO1.Cl. The molecular weight excluding hydrogens is 342 g/mol. The van der Waals surface area contributed by atoms with E-state index in [0.717, 1.165) is 17.8 Å². The summed E-state index contributed by atoms with van der Waals surface area (Å²) in [5, 5.41) is 3.14. The molecule has 2 aliphatic heterocycles. The molecule has 1 amide bonds. The van der Waals surface area contributed by atoms with E-state index in [2.05, 4.69) is 10.0 Å². The number of fused-ring (bicyclic) bond motifs is 1. The maximum absolute atomic E-state index is 12.5. The highest BCUT2D eigenvalue weighted by molar-refractivity contribution is 7.89. The zero-order valence-electron chi connectivity index (χ0n) is 12.7. The van der Waals surface area contributed by atoms with Crippen molar-refractivity contribution in [1.82, 2.24) is 10.0 Å². The molecule has 0 radical (unpaired) electrons. The van der Waals surface area contributed by atoms with Gasteiger partial charge < -0.3 is 15.0 Å². The molecule has 7 nitrogen and oxygen atoms in total. The summed E-state index contributed by atoms with van der Waals surface area (Å²) in [5.41, 5.74) is 1.64. The normalized spacial score (nSPS) is 20.7. The molecule has 2 aliphatic rings. The minimum absolute atomic E-state index is 0. The van der Waals surface area contributed by atoms with Crippen LogP contribution >= 0.6 is 12.4 Å². The van der Waals surface area contributed by atoms with Crippen molar-refractivity contribution >= 4 is 34.0 Å². The van der Waals surface area contributed by atoms with Gasteiger partial charge in [-0.1, -0.05) is 0 Å². The summed E-state index contributed by atoms with van der Waals surface area (Å²) >= 11 is 0. The van der Waals surface area contributed by atoms with Gasteiger partial charge in [-0.05, 0) is 37.2 Å². The fraction of sp³-hybridized carbons (Fsp3) is 0.500. The lowest BCUT2D eigenvalue weighted by Gasteiger charge is -2.27. The van der Waals surface area contributed by atoms with E-state index in [1.807, 2.05) is 0 Å². The van der Waals surface area contributed by atoms with Crippen LogP contribution < -0.4 is 14.9 Å². The molecule has 3 rings (SSSR count). The van der Waals surface area contributed by atoms with Crippen LogP contribution in [0.2, 0.25) is 0 Å². The van der Waals surface area contributed by atoms with Crippen LogP contribution in [0.25, 0.3) is 0 Å². The van der Waals surface area contributed by atoms with Crippen LogP contribution in [0.4, 0.5) is 5.69 Å². The largest absolute Gasteiger partial charge is 0.366 e. The van der Waals surface area contributed by atoms with E-state index < -0.39 is 16.1 Å². The smallest absolute Gasteiger partial charge is 0.257 e. The number of hydrogen-bond acceptors (Lipinski definition) is 5. The summed E-state index contributed by atoms with van der Waals surface area (Å²) in [4.78, 5) is 14.4. The molecule has 128 valence electrons. The van der Waals surface area contributed by atoms with Crippen molar-refractivity contribution in [3.05, 3.63) is 23.8 Å². The fourth-order valence-corrected chi connectivity index (χ4v) is 3.57. The number of benzene rings is 1. The van der Waals surface area contributed by atoms with Crippen molar-refractivity contribution in [2.75, 3.05) is 38.2 Å². The van der Waals surface area contributed by atoms with E-state index in [4.69, 9.17) is 4.74 Å². The van der Waals surface area contributed by atoms with Crippen molar-refractivity contribution in [3.63, 3.8) is 0 Å². The number of halogens is 1. The van der Waals surface area contributed by atoms with Crippen LogP contribution in [0.5, 0.6) is 0 Å². The van der Waals surface area contributed by atoms with Crippen LogP contribution in [0.15, 0.2) is 23.1 Å². The van der Waals surface area contributed by atoms with Gasteiger partial charge in [-0.2, -0.15) is 0 Å². The highest BCUT2D eigenvalue weighted by Crippen LogP contribution is 2.31. The van der Waals surface area contributed by atoms with E-state index in [9.17, 15) is 13.2 Å². The Kier molecular flexibility index (Phi) is 5.64. The van der Waals surface area contributed by atoms with Crippen molar-refractivity contribution in [2.45, 2.75) is 17.4 Å². The number of anilines is 1. The molecule has 1 unspecified atom stereocenters. The first kappa shape index (κ1) is 18.2. The van der Waals surface area contributed by atoms with E-state index in [1.165, 1.54) is 13.1 Å². The Labute approximate surface area is 141 Å². The standard InChI is InChI=1S/C14H19N3O4S.ClH/c1-15-22(19,20)11-2-3-12-10(8-11)4-6-17(12)14(18)13-9-16-5-7-21-13;/h2-3,8,13,15-16H,4-7,9H2,1H3;1H. The van der Waals surface area contributed by atoms with Crippen LogP contribution in [0.1, 0.15) is 5.56 Å². The lowest BCUT2D eigenvalue weighted by molar-refractivity contribution is -0.131. The fourth-order valence-electron chi connectivity index (χ4n) is 2.79. The molecule has 9 heteroatoms. The molecule has 23 heavy (non-hydrogen) atoms. The summed E-state index contributed by atoms with van der Waals surface area (Å²) in [6.07, 6.45) is 0.175. The van der Waals surface area contributed by atoms with E-state index in [-0.39, 0.29) is 23.2 Å². The summed E-state index contributed by atoms with van der Waals surface area (Å²) in [6.45, 7) is 2.34. The molecule has 1 fully saturated rings. The van der Waals surface area contributed by atoms with Gasteiger partial charge in [0.25, 0.3) is 5.91 Å². The monoisotopic (exact) mass is 361 g/mol. The Bertz CT molecular complexity index is 689. The first-order chi connectivity index (χ1) is 10.5. The molecule has 2 N–H and O–H groups in total. The van der Waals surface area contributed by atoms with Gasteiger partial charge in [0.1, 0.15) is 6.10 Å². The molecule has 1 aromatic rings. The average Bonchev–Trinajstić information content (AvgIpc) is 2.98. The molecular formula is C14H20ClN3O4S. The number of carbonyl (C=O) groups is 1. The van der Waals surface area contributed by atoms with Gasteiger partial charge in [0, 0.05) is 25.3 Å². The predicted octanol–water partition coefficient (Wildman–Crippen LogP) is -0.106. The second-order valence-corrected chi connectivity index (χ2v) is 7.19. The number of morpholine rings is 1. The van der Waals surface area contributed by atoms with Gasteiger partial charge in [0.2, 0.25) is 10.0 Å². The zero-order chi connectivity index (χ0) is 15.7. The highest BCUT2D eigenvalue weighted by atomic mass is 35.5. The Balaban J connectivity index is 0.00000192. The molecule has 0 aromatic heterocycles. The number of nitrogens with zero attached hydrogens (tertiary/aromatic N) is 1. The minimum atomic E-state index is -3.47. The Morgan fingerprint density at radius 1 is 1.43 bits per heavy atom.